The van der Waals surface area contributed by atoms with Gasteiger partial charge in [-0.2, -0.15) is 0 Å². The quantitative estimate of drug-likeness (QED) is 0.282. The maximum absolute atomic E-state index is 4.72. The summed E-state index contributed by atoms with van der Waals surface area (Å²) in [5, 5.41) is 9.87. The third-order valence-electron chi connectivity index (χ3n) is 3.88. The van der Waals surface area contributed by atoms with E-state index >= 15 is 0 Å². The van der Waals surface area contributed by atoms with Gasteiger partial charge >= 0.3 is 0 Å². The molecule has 3 aromatic rings. The van der Waals surface area contributed by atoms with Crippen LogP contribution in [0.4, 0.5) is 0 Å². The van der Waals surface area contributed by atoms with Crippen LogP contribution in [-0.4, -0.2) is 35.1 Å². The Labute approximate surface area is 182 Å². The highest BCUT2D eigenvalue weighted by Gasteiger charge is 2.04. The monoisotopic (exact) mass is 495 g/mol. The van der Waals surface area contributed by atoms with E-state index < -0.39 is 0 Å². The van der Waals surface area contributed by atoms with Crippen LogP contribution >= 0.6 is 35.3 Å². The first-order valence-electron chi connectivity index (χ1n) is 8.98. The second-order valence-electron chi connectivity index (χ2n) is 5.87. The summed E-state index contributed by atoms with van der Waals surface area (Å²) >= 11 is 1.69. The maximum Gasteiger partial charge on any atom is 0.191 e. The molecule has 1 aromatic carbocycles. The SMILES string of the molecule is CCNC(=NCCc1csc(-c2ccccc2)n1)NCCn1cccc1.I. The molecule has 0 atom stereocenters. The van der Waals surface area contributed by atoms with Crippen LogP contribution in [0.1, 0.15) is 12.6 Å². The van der Waals surface area contributed by atoms with Crippen molar-refractivity contribution in [3.8, 4) is 10.6 Å². The zero-order valence-corrected chi connectivity index (χ0v) is 18.6. The average Bonchev–Trinajstić information content (AvgIpc) is 3.34. The molecule has 0 aliphatic rings. The van der Waals surface area contributed by atoms with Gasteiger partial charge in [0.15, 0.2) is 5.96 Å². The number of halogens is 1. The Morgan fingerprint density at radius 2 is 1.89 bits per heavy atom. The van der Waals surface area contributed by atoms with Crippen LogP contribution < -0.4 is 10.6 Å². The van der Waals surface area contributed by atoms with Gasteiger partial charge < -0.3 is 15.2 Å². The molecule has 144 valence electrons. The molecule has 0 saturated heterocycles. The molecule has 0 spiro atoms. The van der Waals surface area contributed by atoms with E-state index in [2.05, 4.69) is 57.0 Å². The van der Waals surface area contributed by atoms with E-state index in [0.29, 0.717) is 0 Å². The highest BCUT2D eigenvalue weighted by molar-refractivity contribution is 14.0. The van der Waals surface area contributed by atoms with Crippen LogP contribution in [0.15, 0.2) is 65.2 Å². The van der Waals surface area contributed by atoms with Gasteiger partial charge in [-0.05, 0) is 19.1 Å². The Balaban J connectivity index is 0.00000261. The maximum atomic E-state index is 4.72. The van der Waals surface area contributed by atoms with Gasteiger partial charge in [0.05, 0.1) is 5.69 Å². The second-order valence-corrected chi connectivity index (χ2v) is 6.73. The number of thiazole rings is 1. The Morgan fingerprint density at radius 3 is 2.63 bits per heavy atom. The molecule has 27 heavy (non-hydrogen) atoms. The first kappa shape index (κ1) is 21.4. The van der Waals surface area contributed by atoms with Gasteiger partial charge in [-0.3, -0.25) is 4.99 Å². The van der Waals surface area contributed by atoms with Gasteiger partial charge in [-0.1, -0.05) is 30.3 Å². The third-order valence-corrected chi connectivity index (χ3v) is 4.82. The Bertz CT molecular complexity index is 799. The fraction of sp³-hybridized carbons (Fsp3) is 0.300. The smallest absolute Gasteiger partial charge is 0.191 e. The zero-order chi connectivity index (χ0) is 18.0. The van der Waals surface area contributed by atoms with Gasteiger partial charge in [0.25, 0.3) is 0 Å². The van der Waals surface area contributed by atoms with Gasteiger partial charge in [-0.25, -0.2) is 4.98 Å². The van der Waals surface area contributed by atoms with Crippen molar-refractivity contribution >= 4 is 41.3 Å². The van der Waals surface area contributed by atoms with E-state index in [9.17, 15) is 0 Å². The number of hydrogen-bond acceptors (Lipinski definition) is 3. The van der Waals surface area contributed by atoms with Gasteiger partial charge in [0, 0.05) is 55.9 Å². The fourth-order valence-electron chi connectivity index (χ4n) is 2.58. The molecule has 0 fully saturated rings. The molecule has 0 aliphatic carbocycles. The summed E-state index contributed by atoms with van der Waals surface area (Å²) in [5.41, 5.74) is 2.27. The highest BCUT2D eigenvalue weighted by Crippen LogP contribution is 2.23. The first-order chi connectivity index (χ1) is 12.8. The van der Waals surface area contributed by atoms with Crippen LogP contribution in [0.25, 0.3) is 10.6 Å². The summed E-state index contributed by atoms with van der Waals surface area (Å²) in [6.07, 6.45) is 4.98. The number of nitrogens with zero attached hydrogens (tertiary/aromatic N) is 3. The van der Waals surface area contributed by atoms with Crippen molar-refractivity contribution in [3.63, 3.8) is 0 Å². The molecule has 2 N–H and O–H groups in total. The number of hydrogen-bond donors (Lipinski definition) is 2. The Morgan fingerprint density at radius 1 is 1.11 bits per heavy atom. The molecule has 7 heteroatoms. The molecule has 0 saturated carbocycles. The van der Waals surface area contributed by atoms with E-state index in [1.807, 2.05) is 30.3 Å². The Hall–Kier alpha value is -1.87. The summed E-state index contributed by atoms with van der Waals surface area (Å²) in [4.78, 5) is 9.38. The highest BCUT2D eigenvalue weighted by atomic mass is 127. The van der Waals surface area contributed by atoms with Crippen LogP contribution in [0.5, 0.6) is 0 Å². The summed E-state index contributed by atoms with van der Waals surface area (Å²) in [6, 6.07) is 14.4. The van der Waals surface area contributed by atoms with Crippen LogP contribution in [-0.2, 0) is 13.0 Å². The minimum absolute atomic E-state index is 0. The molecule has 0 radical (unpaired) electrons. The van der Waals surface area contributed by atoms with Crippen LogP contribution in [0.3, 0.4) is 0 Å². The lowest BCUT2D eigenvalue weighted by molar-refractivity contribution is 0.665. The first-order valence-corrected chi connectivity index (χ1v) is 9.86. The minimum atomic E-state index is 0. The van der Waals surface area contributed by atoms with Crippen molar-refractivity contribution in [2.75, 3.05) is 19.6 Å². The van der Waals surface area contributed by atoms with Crippen molar-refractivity contribution < 1.29 is 0 Å². The fourth-order valence-corrected chi connectivity index (χ4v) is 3.44. The van der Waals surface area contributed by atoms with Crippen molar-refractivity contribution in [1.29, 1.82) is 0 Å². The topological polar surface area (TPSA) is 54.2 Å². The molecular weight excluding hydrogens is 469 g/mol. The van der Waals surface area contributed by atoms with E-state index in [4.69, 9.17) is 4.98 Å². The largest absolute Gasteiger partial charge is 0.357 e. The van der Waals surface area contributed by atoms with Crippen LogP contribution in [0, 0.1) is 0 Å². The lowest BCUT2D eigenvalue weighted by Crippen LogP contribution is -2.39. The van der Waals surface area contributed by atoms with E-state index in [1.54, 1.807) is 11.3 Å². The van der Waals surface area contributed by atoms with Crippen molar-refractivity contribution in [2.45, 2.75) is 19.9 Å². The third kappa shape index (κ3) is 6.99. The molecule has 2 aromatic heterocycles. The number of benzene rings is 1. The Kier molecular flexibility index (Phi) is 9.34. The summed E-state index contributed by atoms with van der Waals surface area (Å²) in [6.45, 7) is 5.41. The van der Waals surface area contributed by atoms with Crippen molar-refractivity contribution in [2.24, 2.45) is 4.99 Å². The molecule has 0 aliphatic heterocycles. The van der Waals surface area contributed by atoms with Crippen molar-refractivity contribution in [3.05, 3.63) is 65.9 Å². The van der Waals surface area contributed by atoms with E-state index in [-0.39, 0.29) is 24.0 Å². The van der Waals surface area contributed by atoms with E-state index in [0.717, 1.165) is 49.3 Å². The zero-order valence-electron chi connectivity index (χ0n) is 15.5. The molecule has 0 unspecified atom stereocenters. The predicted molar refractivity (Wildman–Crippen MR) is 125 cm³/mol. The second kappa shape index (κ2) is 11.8. The van der Waals surface area contributed by atoms with Crippen LogP contribution in [0.2, 0.25) is 0 Å². The summed E-state index contributed by atoms with van der Waals surface area (Å²) in [7, 11) is 0. The molecule has 0 bridgehead atoms. The van der Waals surface area contributed by atoms with Gasteiger partial charge in [0.2, 0.25) is 0 Å². The summed E-state index contributed by atoms with van der Waals surface area (Å²) in [5.74, 6) is 0.859. The average molecular weight is 495 g/mol. The number of guanidine groups is 1. The molecule has 2 heterocycles. The standard InChI is InChI=1S/C20H25N5S.HI/c1-2-21-20(23-12-15-25-13-6-7-14-25)22-11-10-18-16-26-19(24-18)17-8-4-3-5-9-17;/h3-9,13-14,16H,2,10-12,15H2,1H3,(H2,21,22,23);1H. The normalized spacial score (nSPS) is 11.1. The predicted octanol–water partition coefficient (Wildman–Crippen LogP) is 4.03. The number of aromatic nitrogens is 2. The number of rotatable bonds is 8. The summed E-state index contributed by atoms with van der Waals surface area (Å²) < 4.78 is 2.15. The van der Waals surface area contributed by atoms with E-state index in [1.165, 1.54) is 5.56 Å². The number of nitrogens with one attached hydrogen (secondary N) is 2. The lowest BCUT2D eigenvalue weighted by Gasteiger charge is -2.11. The van der Waals surface area contributed by atoms with Gasteiger partial charge in [0.1, 0.15) is 5.01 Å². The number of aliphatic imine (C=N–C) groups is 1. The molecule has 3 rings (SSSR count). The minimum Gasteiger partial charge on any atom is -0.357 e. The van der Waals surface area contributed by atoms with Crippen molar-refractivity contribution in [1.82, 2.24) is 20.2 Å². The molecule has 5 nitrogen and oxygen atoms in total. The van der Waals surface area contributed by atoms with Gasteiger partial charge in [-0.15, -0.1) is 35.3 Å². The molecule has 0 amide bonds. The molecular formula is C20H26IN5S. The lowest BCUT2D eigenvalue weighted by atomic mass is 10.2.